The highest BCUT2D eigenvalue weighted by molar-refractivity contribution is 5.52. The summed E-state index contributed by atoms with van der Waals surface area (Å²) in [5.74, 6) is 0. The third-order valence-corrected chi connectivity index (χ3v) is 1.86. The van der Waals surface area contributed by atoms with Crippen LogP contribution in [0.25, 0.3) is 0 Å². The minimum atomic E-state index is -0.566. The average molecular weight is 143 g/mol. The Balaban J connectivity index is 2.35. The van der Waals surface area contributed by atoms with Crippen LogP contribution in [0.2, 0.25) is 0 Å². The number of rotatable bonds is 2. The third-order valence-electron chi connectivity index (χ3n) is 1.86. The van der Waals surface area contributed by atoms with Gasteiger partial charge in [0.2, 0.25) is 0 Å². The maximum Gasteiger partial charge on any atom is 0.133 e. The Hall–Kier alpha value is -0.410. The van der Waals surface area contributed by atoms with Gasteiger partial charge in [-0.3, -0.25) is 4.90 Å². The van der Waals surface area contributed by atoms with Crippen molar-refractivity contribution in [2.24, 2.45) is 0 Å². The second kappa shape index (κ2) is 2.68. The fourth-order valence-corrected chi connectivity index (χ4v) is 1.30. The molecule has 1 aliphatic heterocycles. The largest absolute Gasteiger partial charge is 0.389 e. The van der Waals surface area contributed by atoms with Crippen molar-refractivity contribution in [2.75, 3.05) is 19.6 Å². The summed E-state index contributed by atoms with van der Waals surface area (Å²) < 4.78 is 0. The maximum atomic E-state index is 10.0. The van der Waals surface area contributed by atoms with Gasteiger partial charge < -0.3 is 9.90 Å². The molecule has 0 aromatic carbocycles. The van der Waals surface area contributed by atoms with Crippen molar-refractivity contribution in [3.05, 3.63) is 0 Å². The zero-order valence-electron chi connectivity index (χ0n) is 6.21. The fourth-order valence-electron chi connectivity index (χ4n) is 1.30. The third kappa shape index (κ3) is 1.78. The van der Waals surface area contributed by atoms with Gasteiger partial charge >= 0.3 is 0 Å². The zero-order chi connectivity index (χ0) is 7.61. The topological polar surface area (TPSA) is 40.5 Å². The van der Waals surface area contributed by atoms with Gasteiger partial charge in [-0.1, -0.05) is 0 Å². The van der Waals surface area contributed by atoms with Gasteiger partial charge in [-0.05, 0) is 13.3 Å². The van der Waals surface area contributed by atoms with Crippen LogP contribution in [0.3, 0.4) is 0 Å². The lowest BCUT2D eigenvalue weighted by atomic mass is 10.1. The molecule has 1 saturated heterocycles. The first-order valence-corrected chi connectivity index (χ1v) is 3.52. The first kappa shape index (κ1) is 7.69. The smallest absolute Gasteiger partial charge is 0.133 e. The Labute approximate surface area is 60.6 Å². The van der Waals surface area contributed by atoms with E-state index in [0.717, 1.165) is 19.3 Å². The molecule has 3 nitrogen and oxygen atoms in total. The molecule has 1 fully saturated rings. The van der Waals surface area contributed by atoms with Crippen LogP contribution in [0, 0.1) is 0 Å². The van der Waals surface area contributed by atoms with Crippen molar-refractivity contribution in [1.82, 2.24) is 4.90 Å². The predicted octanol–water partition coefficient (Wildman–Crippen LogP) is -0.358. The van der Waals surface area contributed by atoms with Crippen LogP contribution in [0.1, 0.15) is 13.3 Å². The van der Waals surface area contributed by atoms with Gasteiger partial charge in [-0.25, -0.2) is 0 Å². The molecule has 0 radical (unpaired) electrons. The number of carbonyl (C=O) groups excluding carboxylic acids is 1. The minimum absolute atomic E-state index is 0.455. The molecule has 0 aromatic heterocycles. The van der Waals surface area contributed by atoms with E-state index in [9.17, 15) is 9.90 Å². The van der Waals surface area contributed by atoms with E-state index < -0.39 is 5.60 Å². The molecule has 3 heteroatoms. The second-order valence-electron chi connectivity index (χ2n) is 3.15. The second-order valence-corrected chi connectivity index (χ2v) is 3.15. The number of aliphatic hydroxyl groups is 1. The van der Waals surface area contributed by atoms with E-state index in [4.69, 9.17) is 0 Å². The van der Waals surface area contributed by atoms with Crippen LogP contribution in [-0.2, 0) is 4.79 Å². The van der Waals surface area contributed by atoms with Crippen LogP contribution >= 0.6 is 0 Å². The molecular formula is C7H13NO2. The number of carbonyl (C=O) groups is 1. The van der Waals surface area contributed by atoms with Gasteiger partial charge in [0.25, 0.3) is 0 Å². The van der Waals surface area contributed by atoms with E-state index in [-0.39, 0.29) is 0 Å². The van der Waals surface area contributed by atoms with E-state index in [1.807, 2.05) is 4.90 Å². The van der Waals surface area contributed by atoms with E-state index in [1.165, 1.54) is 0 Å². The molecule has 0 saturated carbocycles. The van der Waals surface area contributed by atoms with Gasteiger partial charge in [0.15, 0.2) is 0 Å². The molecule has 1 heterocycles. The fraction of sp³-hybridized carbons (Fsp3) is 0.857. The number of β-amino-alcohol motifs (C(OH)–C–C–N with tert-alkyl or cyclic N) is 1. The van der Waals surface area contributed by atoms with Crippen LogP contribution in [0.5, 0.6) is 0 Å². The Kier molecular flexibility index (Phi) is 2.06. The zero-order valence-corrected chi connectivity index (χ0v) is 6.21. The molecule has 0 bridgehead atoms. The van der Waals surface area contributed by atoms with Crippen molar-refractivity contribution in [3.8, 4) is 0 Å². The van der Waals surface area contributed by atoms with Crippen molar-refractivity contribution in [2.45, 2.75) is 18.9 Å². The number of hydrogen-bond acceptors (Lipinski definition) is 3. The number of nitrogens with zero attached hydrogens (tertiary/aromatic N) is 1. The molecule has 0 amide bonds. The summed E-state index contributed by atoms with van der Waals surface area (Å²) in [6, 6.07) is 0. The molecule has 58 valence electrons. The van der Waals surface area contributed by atoms with Crippen molar-refractivity contribution in [1.29, 1.82) is 0 Å². The van der Waals surface area contributed by atoms with Crippen LogP contribution in [0.4, 0.5) is 0 Å². The summed E-state index contributed by atoms with van der Waals surface area (Å²) in [5.41, 5.74) is -0.566. The van der Waals surface area contributed by atoms with Crippen LogP contribution < -0.4 is 0 Å². The summed E-state index contributed by atoms with van der Waals surface area (Å²) in [6.45, 7) is 3.73. The molecule has 0 aliphatic carbocycles. The number of likely N-dealkylation sites (tertiary alicyclic amines) is 1. The standard InChI is InChI=1S/C7H13NO2/c1-7(10)2-3-8(6-7)4-5-9/h5,10H,2-4,6H2,1H3/t7-/m1/s1. The van der Waals surface area contributed by atoms with Gasteiger partial charge in [0, 0.05) is 13.1 Å². The molecule has 10 heavy (non-hydrogen) atoms. The van der Waals surface area contributed by atoms with E-state index in [0.29, 0.717) is 13.1 Å². The highest BCUT2D eigenvalue weighted by atomic mass is 16.3. The summed E-state index contributed by atoms with van der Waals surface area (Å²) in [4.78, 5) is 12.0. The normalized spacial score (nSPS) is 34.6. The highest BCUT2D eigenvalue weighted by Gasteiger charge is 2.30. The number of hydrogen-bond donors (Lipinski definition) is 1. The Morgan fingerprint density at radius 1 is 1.80 bits per heavy atom. The van der Waals surface area contributed by atoms with Crippen molar-refractivity contribution < 1.29 is 9.90 Å². The Morgan fingerprint density at radius 3 is 2.90 bits per heavy atom. The number of aldehydes is 1. The predicted molar refractivity (Wildman–Crippen MR) is 37.7 cm³/mol. The lowest BCUT2D eigenvalue weighted by Gasteiger charge is -2.16. The van der Waals surface area contributed by atoms with Crippen molar-refractivity contribution >= 4 is 6.29 Å². The molecule has 1 aliphatic rings. The highest BCUT2D eigenvalue weighted by Crippen LogP contribution is 2.18. The van der Waals surface area contributed by atoms with Gasteiger partial charge in [-0.15, -0.1) is 0 Å². The summed E-state index contributed by atoms with van der Waals surface area (Å²) in [5, 5.41) is 9.43. The minimum Gasteiger partial charge on any atom is -0.389 e. The molecule has 0 aromatic rings. The Bertz CT molecular complexity index is 134. The Morgan fingerprint density at radius 2 is 2.50 bits per heavy atom. The van der Waals surface area contributed by atoms with E-state index in [1.54, 1.807) is 6.92 Å². The molecule has 0 spiro atoms. The maximum absolute atomic E-state index is 10.0. The first-order chi connectivity index (χ1) is 4.64. The quantitative estimate of drug-likeness (QED) is 0.537. The summed E-state index contributed by atoms with van der Waals surface area (Å²) in [7, 11) is 0. The summed E-state index contributed by atoms with van der Waals surface area (Å²) >= 11 is 0. The van der Waals surface area contributed by atoms with Gasteiger partial charge in [-0.2, -0.15) is 0 Å². The molecule has 1 N–H and O–H groups in total. The monoisotopic (exact) mass is 143 g/mol. The molecular weight excluding hydrogens is 130 g/mol. The molecule has 1 atom stereocenters. The first-order valence-electron chi connectivity index (χ1n) is 3.52. The van der Waals surface area contributed by atoms with Gasteiger partial charge in [0.05, 0.1) is 12.1 Å². The average Bonchev–Trinajstić information content (AvgIpc) is 2.12. The lowest BCUT2D eigenvalue weighted by molar-refractivity contribution is -0.108. The molecule has 1 rings (SSSR count). The van der Waals surface area contributed by atoms with Crippen LogP contribution in [0.15, 0.2) is 0 Å². The summed E-state index contributed by atoms with van der Waals surface area (Å²) in [6.07, 6.45) is 1.65. The van der Waals surface area contributed by atoms with Crippen LogP contribution in [-0.4, -0.2) is 41.5 Å². The van der Waals surface area contributed by atoms with Gasteiger partial charge in [0.1, 0.15) is 6.29 Å². The SMILES string of the molecule is C[C@@]1(O)CCN(CC=O)C1. The van der Waals surface area contributed by atoms with E-state index in [2.05, 4.69) is 0 Å². The lowest BCUT2D eigenvalue weighted by Crippen LogP contribution is -2.30. The van der Waals surface area contributed by atoms with E-state index >= 15 is 0 Å². The van der Waals surface area contributed by atoms with Crippen molar-refractivity contribution in [3.63, 3.8) is 0 Å². The molecule has 0 unspecified atom stereocenters.